The lowest BCUT2D eigenvalue weighted by Crippen LogP contribution is -2.40. The van der Waals surface area contributed by atoms with Crippen LogP contribution in [0.25, 0.3) is 0 Å². The van der Waals surface area contributed by atoms with Crippen molar-refractivity contribution < 1.29 is 14.7 Å². The van der Waals surface area contributed by atoms with Gasteiger partial charge < -0.3 is 9.94 Å². The van der Waals surface area contributed by atoms with Crippen molar-refractivity contribution in [2.75, 3.05) is 26.2 Å². The number of oxime groups is 1. The summed E-state index contributed by atoms with van der Waals surface area (Å²) in [6.07, 6.45) is 3.54. The van der Waals surface area contributed by atoms with E-state index in [1.807, 2.05) is 36.5 Å². The lowest BCUT2D eigenvalue weighted by atomic mass is 9.89. The molecule has 2 atom stereocenters. The molecule has 0 aliphatic carbocycles. The van der Waals surface area contributed by atoms with E-state index in [0.29, 0.717) is 19.7 Å². The van der Waals surface area contributed by atoms with Crippen LogP contribution in [0.4, 0.5) is 0 Å². The number of aryl methyl sites for hydroxylation is 1. The zero-order valence-electron chi connectivity index (χ0n) is 16.7. The van der Waals surface area contributed by atoms with Crippen LogP contribution in [0.2, 0.25) is 0 Å². The molecular formula is C23H29ClN2O3. The van der Waals surface area contributed by atoms with E-state index in [9.17, 15) is 9.90 Å². The first-order valence-electron chi connectivity index (χ1n) is 9.86. The molecule has 1 aliphatic heterocycles. The molecule has 0 radical (unpaired) electrons. The molecule has 0 bridgehead atoms. The molecule has 29 heavy (non-hydrogen) atoms. The number of hydrogen-bond acceptors (Lipinski definition) is 4. The molecule has 1 N–H and O–H groups in total. The molecule has 1 saturated heterocycles. The minimum Gasteiger partial charge on any atom is -0.481 e. The first-order valence-corrected chi connectivity index (χ1v) is 9.86. The highest BCUT2D eigenvalue weighted by Crippen LogP contribution is 2.25. The summed E-state index contributed by atoms with van der Waals surface area (Å²) in [5.41, 5.74) is 3.60. The van der Waals surface area contributed by atoms with Crippen LogP contribution in [0.15, 0.2) is 59.8 Å². The quantitative estimate of drug-likeness (QED) is 0.395. The number of halogens is 1. The van der Waals surface area contributed by atoms with Crippen LogP contribution in [-0.2, 0) is 9.63 Å². The molecule has 1 unspecified atom stereocenters. The average molecular weight is 417 g/mol. The van der Waals surface area contributed by atoms with Crippen molar-refractivity contribution in [1.29, 1.82) is 0 Å². The van der Waals surface area contributed by atoms with Gasteiger partial charge in [-0.15, -0.1) is 12.4 Å². The molecule has 1 fully saturated rings. The highest BCUT2D eigenvalue weighted by Gasteiger charge is 2.25. The van der Waals surface area contributed by atoms with Crippen molar-refractivity contribution >= 4 is 24.6 Å². The summed E-state index contributed by atoms with van der Waals surface area (Å²) in [5, 5.41) is 13.4. The monoisotopic (exact) mass is 416 g/mol. The Balaban J connectivity index is 0.00000300. The summed E-state index contributed by atoms with van der Waals surface area (Å²) in [6, 6.07) is 18.6. The van der Waals surface area contributed by atoms with Crippen molar-refractivity contribution in [2.45, 2.75) is 25.7 Å². The van der Waals surface area contributed by atoms with Crippen molar-refractivity contribution in [1.82, 2.24) is 4.90 Å². The normalized spacial score (nSPS) is 18.2. The summed E-state index contributed by atoms with van der Waals surface area (Å²) >= 11 is 0. The highest BCUT2D eigenvalue weighted by molar-refractivity contribution is 5.85. The van der Waals surface area contributed by atoms with Crippen LogP contribution in [0.1, 0.15) is 35.4 Å². The largest absolute Gasteiger partial charge is 0.481 e. The van der Waals surface area contributed by atoms with Crippen LogP contribution in [0, 0.1) is 12.8 Å². The Morgan fingerprint density at radius 2 is 1.97 bits per heavy atom. The summed E-state index contributed by atoms with van der Waals surface area (Å²) in [6.45, 7) is 4.78. The Labute approximate surface area is 178 Å². The van der Waals surface area contributed by atoms with Crippen molar-refractivity contribution in [3.63, 3.8) is 0 Å². The van der Waals surface area contributed by atoms with E-state index in [4.69, 9.17) is 4.84 Å². The van der Waals surface area contributed by atoms with Gasteiger partial charge in [-0.1, -0.05) is 59.8 Å². The third kappa shape index (κ3) is 6.58. The molecule has 0 spiro atoms. The third-order valence-electron chi connectivity index (χ3n) is 5.32. The third-order valence-corrected chi connectivity index (χ3v) is 5.32. The van der Waals surface area contributed by atoms with Gasteiger partial charge >= 0.3 is 5.97 Å². The van der Waals surface area contributed by atoms with Crippen molar-refractivity contribution in [3.05, 3.63) is 71.3 Å². The van der Waals surface area contributed by atoms with Gasteiger partial charge in [-0.25, -0.2) is 0 Å². The van der Waals surface area contributed by atoms with Crippen LogP contribution < -0.4 is 0 Å². The van der Waals surface area contributed by atoms with Gasteiger partial charge in [-0.3, -0.25) is 9.69 Å². The fraction of sp³-hybridized carbons (Fsp3) is 0.391. The topological polar surface area (TPSA) is 62.1 Å². The second kappa shape index (κ2) is 11.6. The van der Waals surface area contributed by atoms with Crippen LogP contribution in [0.3, 0.4) is 0 Å². The van der Waals surface area contributed by atoms with Crippen molar-refractivity contribution in [2.24, 2.45) is 11.1 Å². The Hall–Kier alpha value is -2.37. The van der Waals surface area contributed by atoms with E-state index in [1.165, 1.54) is 16.7 Å². The standard InChI is InChI=1S/C23H28N2O3.ClH/c1-18-8-5-6-12-21(18)22(19-9-3-2-4-10-19)16-24-28-15-14-25-13-7-11-20(17-25)23(26)27;/h2-6,8-10,12,16,20,22H,7,11,13-15,17H2,1H3,(H,26,27);1H/b24-16-;/t20?,22-;/m1./s1. The number of piperidine rings is 1. The minimum absolute atomic E-state index is 0. The first-order chi connectivity index (χ1) is 13.6. The van der Waals surface area contributed by atoms with Gasteiger partial charge in [0.05, 0.1) is 12.1 Å². The fourth-order valence-corrected chi connectivity index (χ4v) is 3.73. The smallest absolute Gasteiger partial charge is 0.307 e. The van der Waals surface area contributed by atoms with Crippen LogP contribution in [-0.4, -0.2) is 48.4 Å². The van der Waals surface area contributed by atoms with E-state index >= 15 is 0 Å². The second-order valence-corrected chi connectivity index (χ2v) is 7.31. The van der Waals surface area contributed by atoms with Gasteiger partial charge in [0.1, 0.15) is 6.61 Å². The van der Waals surface area contributed by atoms with E-state index in [2.05, 4.69) is 41.2 Å². The number of nitrogens with zero attached hydrogens (tertiary/aromatic N) is 2. The number of carboxylic acid groups (broad SMARTS) is 1. The number of carbonyl (C=O) groups is 1. The molecule has 2 aromatic carbocycles. The van der Waals surface area contributed by atoms with E-state index in [1.54, 1.807) is 0 Å². The summed E-state index contributed by atoms with van der Waals surface area (Å²) in [7, 11) is 0. The van der Waals surface area contributed by atoms with Crippen molar-refractivity contribution in [3.8, 4) is 0 Å². The van der Waals surface area contributed by atoms with E-state index in [0.717, 1.165) is 19.4 Å². The molecule has 1 aliphatic rings. The van der Waals surface area contributed by atoms with E-state index in [-0.39, 0.29) is 24.2 Å². The lowest BCUT2D eigenvalue weighted by molar-refractivity contribution is -0.143. The average Bonchev–Trinajstić information content (AvgIpc) is 2.72. The number of likely N-dealkylation sites (tertiary alicyclic amines) is 1. The predicted molar refractivity (Wildman–Crippen MR) is 118 cm³/mol. The second-order valence-electron chi connectivity index (χ2n) is 7.31. The zero-order chi connectivity index (χ0) is 19.8. The molecule has 6 heteroatoms. The number of benzene rings is 2. The highest BCUT2D eigenvalue weighted by atomic mass is 35.5. The zero-order valence-corrected chi connectivity index (χ0v) is 17.6. The summed E-state index contributed by atoms with van der Waals surface area (Å²) in [4.78, 5) is 18.8. The number of aliphatic carboxylic acids is 1. The number of rotatable bonds is 8. The molecule has 2 aromatic rings. The molecule has 3 rings (SSSR count). The van der Waals surface area contributed by atoms with Crippen LogP contribution >= 0.6 is 12.4 Å². The molecule has 0 amide bonds. The number of carboxylic acids is 1. The minimum atomic E-state index is -0.701. The SMILES string of the molecule is Cc1ccccc1[C@H](/C=N\OCCN1CCCC(C(=O)O)C1)c1ccccc1.Cl. The Bertz CT molecular complexity index is 798. The molecule has 1 heterocycles. The van der Waals surface area contributed by atoms with Gasteiger partial charge in [0.25, 0.3) is 0 Å². The molecular weight excluding hydrogens is 388 g/mol. The summed E-state index contributed by atoms with van der Waals surface area (Å²) < 4.78 is 0. The summed E-state index contributed by atoms with van der Waals surface area (Å²) in [5.74, 6) is -0.929. The fourth-order valence-electron chi connectivity index (χ4n) is 3.73. The van der Waals surface area contributed by atoms with Crippen LogP contribution in [0.5, 0.6) is 0 Å². The van der Waals surface area contributed by atoms with Gasteiger partial charge in [-0.2, -0.15) is 0 Å². The maximum absolute atomic E-state index is 11.2. The van der Waals surface area contributed by atoms with E-state index < -0.39 is 5.97 Å². The lowest BCUT2D eigenvalue weighted by Gasteiger charge is -2.29. The van der Waals surface area contributed by atoms with Gasteiger partial charge in [-0.05, 0) is 43.0 Å². The molecule has 0 aromatic heterocycles. The van der Waals surface area contributed by atoms with Gasteiger partial charge in [0, 0.05) is 19.0 Å². The first kappa shape index (κ1) is 22.9. The van der Waals surface area contributed by atoms with Gasteiger partial charge in [0.2, 0.25) is 0 Å². The molecule has 156 valence electrons. The maximum Gasteiger partial charge on any atom is 0.307 e. The molecule has 0 saturated carbocycles. The Kier molecular flexibility index (Phi) is 9.16. The molecule has 5 nitrogen and oxygen atoms in total. The predicted octanol–water partition coefficient (Wildman–Crippen LogP) is 4.35. The van der Waals surface area contributed by atoms with Gasteiger partial charge in [0.15, 0.2) is 0 Å². The number of hydrogen-bond donors (Lipinski definition) is 1. The Morgan fingerprint density at radius 3 is 2.69 bits per heavy atom. The maximum atomic E-state index is 11.2. The Morgan fingerprint density at radius 1 is 1.24 bits per heavy atom.